The number of aryl methyl sites for hydroxylation is 1. The van der Waals surface area contributed by atoms with Gasteiger partial charge in [0, 0.05) is 44.4 Å². The molecule has 158 valence electrons. The second kappa shape index (κ2) is 12.1. The zero-order chi connectivity index (χ0) is 19.8. The Kier molecular flexibility index (Phi) is 10.5. The van der Waals surface area contributed by atoms with Crippen molar-refractivity contribution in [1.29, 1.82) is 0 Å². The summed E-state index contributed by atoms with van der Waals surface area (Å²) in [5, 5.41) is 15.2. The number of likely N-dealkylation sites (N-methyl/N-ethyl adjacent to an activating group) is 1. The number of guanidine groups is 1. The summed E-state index contributed by atoms with van der Waals surface area (Å²) in [7, 11) is 7.81. The van der Waals surface area contributed by atoms with Crippen molar-refractivity contribution in [2.24, 2.45) is 12.0 Å². The van der Waals surface area contributed by atoms with Crippen LogP contribution < -0.4 is 10.6 Å². The molecular weight excluding hydrogens is 469 g/mol. The first-order valence-electron chi connectivity index (χ1n) is 9.53. The third-order valence-electron chi connectivity index (χ3n) is 4.83. The number of aromatic nitrogens is 3. The minimum atomic E-state index is 0. The van der Waals surface area contributed by atoms with Gasteiger partial charge in [-0.25, -0.2) is 0 Å². The SMILES string of the molecule is CCC(CC)c1cc(CNC(=NC)NCC(c2cnn(C)c2)N(C)C)on1.I. The first-order valence-corrected chi connectivity index (χ1v) is 9.53. The summed E-state index contributed by atoms with van der Waals surface area (Å²) in [6.07, 6.45) is 6.08. The molecule has 1 unspecified atom stereocenters. The second-order valence-corrected chi connectivity index (χ2v) is 6.96. The largest absolute Gasteiger partial charge is 0.359 e. The van der Waals surface area contributed by atoms with E-state index in [0.717, 1.165) is 35.8 Å². The number of nitrogens with zero attached hydrogens (tertiary/aromatic N) is 5. The van der Waals surface area contributed by atoms with Crippen LogP contribution in [-0.4, -0.2) is 53.5 Å². The fourth-order valence-electron chi connectivity index (χ4n) is 3.11. The molecule has 8 nitrogen and oxygen atoms in total. The van der Waals surface area contributed by atoms with Crippen molar-refractivity contribution in [3.63, 3.8) is 0 Å². The first-order chi connectivity index (χ1) is 13.0. The third-order valence-corrected chi connectivity index (χ3v) is 4.83. The molecule has 0 bridgehead atoms. The molecule has 0 fully saturated rings. The molecule has 0 aliphatic carbocycles. The van der Waals surface area contributed by atoms with E-state index in [1.807, 2.05) is 30.2 Å². The van der Waals surface area contributed by atoms with E-state index in [2.05, 4.69) is 58.7 Å². The lowest BCUT2D eigenvalue weighted by molar-refractivity contribution is 0.298. The highest BCUT2D eigenvalue weighted by Gasteiger charge is 2.17. The Bertz CT molecular complexity index is 721. The van der Waals surface area contributed by atoms with E-state index >= 15 is 0 Å². The van der Waals surface area contributed by atoms with E-state index < -0.39 is 0 Å². The maximum atomic E-state index is 5.47. The van der Waals surface area contributed by atoms with Gasteiger partial charge in [-0.3, -0.25) is 9.67 Å². The first kappa shape index (κ1) is 24.4. The zero-order valence-corrected chi connectivity index (χ0v) is 20.1. The highest BCUT2D eigenvalue weighted by atomic mass is 127. The Labute approximate surface area is 185 Å². The summed E-state index contributed by atoms with van der Waals surface area (Å²) < 4.78 is 7.29. The number of hydrogen-bond acceptors (Lipinski definition) is 5. The average Bonchev–Trinajstić information content (AvgIpc) is 3.28. The van der Waals surface area contributed by atoms with E-state index in [0.29, 0.717) is 19.0 Å². The van der Waals surface area contributed by atoms with Crippen LogP contribution in [0.2, 0.25) is 0 Å². The van der Waals surface area contributed by atoms with E-state index in [9.17, 15) is 0 Å². The predicted molar refractivity (Wildman–Crippen MR) is 123 cm³/mol. The van der Waals surface area contributed by atoms with Crippen LogP contribution in [0.4, 0.5) is 0 Å². The van der Waals surface area contributed by atoms with Gasteiger partial charge in [0.25, 0.3) is 0 Å². The molecule has 28 heavy (non-hydrogen) atoms. The topological polar surface area (TPSA) is 83.5 Å². The monoisotopic (exact) mass is 503 g/mol. The van der Waals surface area contributed by atoms with Crippen LogP contribution in [0.3, 0.4) is 0 Å². The maximum absolute atomic E-state index is 5.47. The summed E-state index contributed by atoms with van der Waals surface area (Å²) in [6, 6.07) is 2.24. The molecule has 0 saturated heterocycles. The van der Waals surface area contributed by atoms with Gasteiger partial charge >= 0.3 is 0 Å². The van der Waals surface area contributed by atoms with Crippen LogP contribution in [0.5, 0.6) is 0 Å². The smallest absolute Gasteiger partial charge is 0.191 e. The van der Waals surface area contributed by atoms with Crippen molar-refractivity contribution in [1.82, 2.24) is 30.5 Å². The highest BCUT2D eigenvalue weighted by molar-refractivity contribution is 14.0. The van der Waals surface area contributed by atoms with Crippen LogP contribution in [0.15, 0.2) is 28.0 Å². The fraction of sp³-hybridized carbons (Fsp3) is 0.632. The Morgan fingerprint density at radius 1 is 1.29 bits per heavy atom. The van der Waals surface area contributed by atoms with Gasteiger partial charge in [0.1, 0.15) is 0 Å². The standard InChI is InChI=1S/C19H33N7O.HI/c1-7-14(8-2)17-9-16(27-24-17)11-21-19(20-3)22-12-18(25(4)5)15-10-23-26(6)13-15;/h9-10,13-14,18H,7-8,11-12H2,1-6H3,(H2,20,21,22);1H. The van der Waals surface area contributed by atoms with Gasteiger partial charge in [-0.15, -0.1) is 24.0 Å². The summed E-state index contributed by atoms with van der Waals surface area (Å²) in [6.45, 7) is 5.62. The molecule has 2 N–H and O–H groups in total. The molecule has 2 heterocycles. The molecule has 2 aromatic heterocycles. The third kappa shape index (κ3) is 6.77. The van der Waals surface area contributed by atoms with E-state index in [4.69, 9.17) is 4.52 Å². The summed E-state index contributed by atoms with van der Waals surface area (Å²) in [5.74, 6) is 2.00. The molecule has 2 rings (SSSR count). The number of rotatable bonds is 9. The second-order valence-electron chi connectivity index (χ2n) is 6.96. The summed E-state index contributed by atoms with van der Waals surface area (Å²) >= 11 is 0. The van der Waals surface area contributed by atoms with Crippen molar-refractivity contribution in [3.05, 3.63) is 35.5 Å². The highest BCUT2D eigenvalue weighted by Crippen LogP contribution is 2.22. The minimum Gasteiger partial charge on any atom is -0.359 e. The Morgan fingerprint density at radius 3 is 2.54 bits per heavy atom. The molecule has 2 aromatic rings. The van der Waals surface area contributed by atoms with Crippen LogP contribution in [-0.2, 0) is 13.6 Å². The van der Waals surface area contributed by atoms with Crippen LogP contribution >= 0.6 is 24.0 Å². The van der Waals surface area contributed by atoms with Gasteiger partial charge in [-0.05, 0) is 26.9 Å². The number of aliphatic imine (C=N–C) groups is 1. The number of hydrogen-bond donors (Lipinski definition) is 2. The van der Waals surface area contributed by atoms with E-state index in [-0.39, 0.29) is 30.0 Å². The van der Waals surface area contributed by atoms with Gasteiger partial charge in [0.15, 0.2) is 11.7 Å². The van der Waals surface area contributed by atoms with Crippen molar-refractivity contribution < 1.29 is 4.52 Å². The van der Waals surface area contributed by atoms with Crippen molar-refractivity contribution in [2.75, 3.05) is 27.7 Å². The van der Waals surface area contributed by atoms with Gasteiger partial charge in [-0.2, -0.15) is 5.10 Å². The summed E-state index contributed by atoms with van der Waals surface area (Å²) in [5.41, 5.74) is 2.19. The van der Waals surface area contributed by atoms with E-state index in [1.54, 1.807) is 7.05 Å². The Balaban J connectivity index is 0.00000392. The van der Waals surface area contributed by atoms with Crippen molar-refractivity contribution in [3.8, 4) is 0 Å². The minimum absolute atomic E-state index is 0. The van der Waals surface area contributed by atoms with Gasteiger partial charge < -0.3 is 20.1 Å². The molecule has 0 aromatic carbocycles. The molecule has 1 atom stereocenters. The van der Waals surface area contributed by atoms with Gasteiger partial charge in [0.2, 0.25) is 0 Å². The molecule has 0 amide bonds. The lowest BCUT2D eigenvalue weighted by atomic mass is 9.99. The quantitative estimate of drug-likeness (QED) is 0.311. The van der Waals surface area contributed by atoms with Crippen LogP contribution in [0.1, 0.15) is 55.7 Å². The lowest BCUT2D eigenvalue weighted by Gasteiger charge is -2.24. The number of halogens is 1. The van der Waals surface area contributed by atoms with E-state index in [1.165, 1.54) is 0 Å². The summed E-state index contributed by atoms with van der Waals surface area (Å²) in [4.78, 5) is 6.46. The molecule has 0 saturated carbocycles. The zero-order valence-electron chi connectivity index (χ0n) is 17.8. The van der Waals surface area contributed by atoms with Gasteiger partial charge in [0.05, 0.1) is 24.5 Å². The van der Waals surface area contributed by atoms with Gasteiger partial charge in [-0.1, -0.05) is 19.0 Å². The molecule has 0 radical (unpaired) electrons. The molecule has 9 heteroatoms. The van der Waals surface area contributed by atoms with Crippen molar-refractivity contribution >= 4 is 29.9 Å². The molecule has 0 aliphatic rings. The Hall–Kier alpha value is -1.62. The molecule has 0 spiro atoms. The predicted octanol–water partition coefficient (Wildman–Crippen LogP) is 2.90. The Morgan fingerprint density at radius 2 is 2.00 bits per heavy atom. The fourth-order valence-corrected chi connectivity index (χ4v) is 3.11. The maximum Gasteiger partial charge on any atom is 0.191 e. The normalized spacial score (nSPS) is 12.9. The van der Waals surface area contributed by atoms with Crippen LogP contribution in [0.25, 0.3) is 0 Å². The van der Waals surface area contributed by atoms with Crippen molar-refractivity contribution in [2.45, 2.75) is 45.2 Å². The van der Waals surface area contributed by atoms with Crippen LogP contribution in [0, 0.1) is 0 Å². The molecule has 0 aliphatic heterocycles. The average molecular weight is 503 g/mol. The molecular formula is C19H34IN7O. The lowest BCUT2D eigenvalue weighted by Crippen LogP contribution is -2.41. The number of nitrogens with one attached hydrogen (secondary N) is 2.